The van der Waals surface area contributed by atoms with E-state index in [4.69, 9.17) is 5.11 Å². The first-order valence-corrected chi connectivity index (χ1v) is 7.94. The molecule has 0 aromatic heterocycles. The Morgan fingerprint density at radius 1 is 1.21 bits per heavy atom. The van der Waals surface area contributed by atoms with Crippen LogP contribution < -0.4 is 10.6 Å². The van der Waals surface area contributed by atoms with Crippen molar-refractivity contribution in [2.24, 2.45) is 5.92 Å². The van der Waals surface area contributed by atoms with Gasteiger partial charge in [-0.15, -0.1) is 0 Å². The molecule has 0 fully saturated rings. The number of carbonyl (C=O) groups excluding carboxylic acids is 2. The van der Waals surface area contributed by atoms with Crippen LogP contribution in [0.25, 0.3) is 0 Å². The summed E-state index contributed by atoms with van der Waals surface area (Å²) in [5, 5.41) is 14.4. The van der Waals surface area contributed by atoms with E-state index in [1.807, 2.05) is 19.1 Å². The number of nitrogens with zero attached hydrogens (tertiary/aromatic N) is 1. The predicted octanol–water partition coefficient (Wildman–Crippen LogP) is 2.29. The summed E-state index contributed by atoms with van der Waals surface area (Å²) in [7, 11) is 1.56. The molecule has 1 aromatic carbocycles. The number of anilines is 1. The molecule has 1 aromatic rings. The van der Waals surface area contributed by atoms with Crippen LogP contribution in [0, 0.1) is 5.92 Å². The van der Waals surface area contributed by atoms with Gasteiger partial charge in [-0.25, -0.2) is 4.79 Å². The molecule has 0 saturated carbocycles. The number of nitrogens with one attached hydrogen (secondary N) is 2. The summed E-state index contributed by atoms with van der Waals surface area (Å²) in [4.78, 5) is 35.6. The Hall–Kier alpha value is -2.57. The molecular formula is C17H25N3O4. The second-order valence-corrected chi connectivity index (χ2v) is 5.77. The van der Waals surface area contributed by atoms with Gasteiger partial charge in [0, 0.05) is 32.2 Å². The van der Waals surface area contributed by atoms with Crippen LogP contribution in [0.15, 0.2) is 24.3 Å². The van der Waals surface area contributed by atoms with Crippen molar-refractivity contribution in [3.63, 3.8) is 0 Å². The third-order valence-corrected chi connectivity index (χ3v) is 3.47. The predicted molar refractivity (Wildman–Crippen MR) is 91.6 cm³/mol. The molecule has 0 aliphatic heterocycles. The summed E-state index contributed by atoms with van der Waals surface area (Å²) in [5.74, 6) is -1.57. The van der Waals surface area contributed by atoms with Crippen molar-refractivity contribution in [1.29, 1.82) is 0 Å². The van der Waals surface area contributed by atoms with Gasteiger partial charge in [-0.2, -0.15) is 0 Å². The highest BCUT2D eigenvalue weighted by atomic mass is 16.4. The van der Waals surface area contributed by atoms with Gasteiger partial charge < -0.3 is 20.6 Å². The topological polar surface area (TPSA) is 98.7 Å². The normalized spacial score (nSPS) is 11.5. The molecule has 24 heavy (non-hydrogen) atoms. The molecule has 3 N–H and O–H groups in total. The van der Waals surface area contributed by atoms with E-state index in [0.29, 0.717) is 13.0 Å². The minimum atomic E-state index is -0.935. The number of carboxylic acids is 1. The molecule has 1 rings (SSSR count). The van der Waals surface area contributed by atoms with Gasteiger partial charge in [-0.05, 0) is 24.1 Å². The zero-order valence-electron chi connectivity index (χ0n) is 14.3. The molecule has 3 amide bonds. The minimum absolute atomic E-state index is 0.0206. The first kappa shape index (κ1) is 19.5. The van der Waals surface area contributed by atoms with Crippen molar-refractivity contribution in [2.45, 2.75) is 33.2 Å². The fraction of sp³-hybridized carbons (Fsp3) is 0.471. The maximum Gasteiger partial charge on any atom is 0.317 e. The third kappa shape index (κ3) is 6.68. The number of urea groups is 1. The number of hydrogen-bond acceptors (Lipinski definition) is 3. The van der Waals surface area contributed by atoms with Gasteiger partial charge in [0.2, 0.25) is 5.91 Å². The van der Waals surface area contributed by atoms with E-state index < -0.39 is 11.9 Å². The maximum atomic E-state index is 11.9. The first-order chi connectivity index (χ1) is 11.3. The zero-order chi connectivity index (χ0) is 18.1. The molecule has 0 spiro atoms. The Kier molecular flexibility index (Phi) is 7.74. The Morgan fingerprint density at radius 2 is 1.83 bits per heavy atom. The Labute approximate surface area is 142 Å². The molecule has 7 nitrogen and oxygen atoms in total. The van der Waals surface area contributed by atoms with Crippen LogP contribution >= 0.6 is 0 Å². The molecule has 0 bridgehead atoms. The van der Waals surface area contributed by atoms with Crippen molar-refractivity contribution in [3.05, 3.63) is 29.8 Å². The standard InChI is InChI=1S/C17H25N3O4/c1-4-5-15(21)19-14-8-6-13(7-9-14)10-18-17(24)20(3)11-12(2)16(22)23/h6-9,12H,4-5,10-11H2,1-3H3,(H,18,24)(H,19,21)(H,22,23). The van der Waals surface area contributed by atoms with Crippen molar-refractivity contribution < 1.29 is 19.5 Å². The van der Waals surface area contributed by atoms with E-state index in [1.165, 1.54) is 4.90 Å². The van der Waals surface area contributed by atoms with Crippen LogP contribution in [0.2, 0.25) is 0 Å². The number of amides is 3. The van der Waals surface area contributed by atoms with Crippen LogP contribution in [-0.4, -0.2) is 41.5 Å². The molecule has 0 heterocycles. The molecule has 0 aliphatic rings. The number of carboxylic acid groups (broad SMARTS) is 1. The van der Waals surface area contributed by atoms with Gasteiger partial charge >= 0.3 is 12.0 Å². The highest BCUT2D eigenvalue weighted by molar-refractivity contribution is 5.90. The highest BCUT2D eigenvalue weighted by Gasteiger charge is 2.16. The van der Waals surface area contributed by atoms with Crippen LogP contribution in [0.5, 0.6) is 0 Å². The molecule has 0 radical (unpaired) electrons. The largest absolute Gasteiger partial charge is 0.481 e. The van der Waals surface area contributed by atoms with E-state index in [2.05, 4.69) is 10.6 Å². The molecular weight excluding hydrogens is 310 g/mol. The monoisotopic (exact) mass is 335 g/mol. The summed E-state index contributed by atoms with van der Waals surface area (Å²) in [6, 6.07) is 6.88. The van der Waals surface area contributed by atoms with E-state index in [1.54, 1.807) is 26.1 Å². The van der Waals surface area contributed by atoms with E-state index in [0.717, 1.165) is 17.7 Å². The lowest BCUT2D eigenvalue weighted by atomic mass is 10.2. The van der Waals surface area contributed by atoms with Crippen LogP contribution in [0.3, 0.4) is 0 Å². The van der Waals surface area contributed by atoms with Crippen molar-refractivity contribution >= 4 is 23.6 Å². The first-order valence-electron chi connectivity index (χ1n) is 7.94. The molecule has 132 valence electrons. The summed E-state index contributed by atoms with van der Waals surface area (Å²) in [6.45, 7) is 3.97. The highest BCUT2D eigenvalue weighted by Crippen LogP contribution is 2.10. The molecule has 0 aliphatic carbocycles. The smallest absolute Gasteiger partial charge is 0.317 e. The van der Waals surface area contributed by atoms with Gasteiger partial charge in [0.15, 0.2) is 0 Å². The number of rotatable bonds is 8. The Morgan fingerprint density at radius 3 is 2.38 bits per heavy atom. The second kappa shape index (κ2) is 9.54. The fourth-order valence-electron chi connectivity index (χ4n) is 2.04. The molecule has 0 saturated heterocycles. The summed E-state index contributed by atoms with van der Waals surface area (Å²) in [6.07, 6.45) is 1.28. The van der Waals surface area contributed by atoms with Crippen LogP contribution in [0.4, 0.5) is 10.5 Å². The molecule has 1 unspecified atom stereocenters. The Bertz CT molecular complexity index is 572. The number of benzene rings is 1. The quantitative estimate of drug-likeness (QED) is 0.679. The van der Waals surface area contributed by atoms with Gasteiger partial charge in [0.05, 0.1) is 5.92 Å². The SMILES string of the molecule is CCCC(=O)Nc1ccc(CNC(=O)N(C)CC(C)C(=O)O)cc1. The number of aliphatic carboxylic acids is 1. The lowest BCUT2D eigenvalue weighted by Crippen LogP contribution is -2.40. The van der Waals surface area contributed by atoms with E-state index in [9.17, 15) is 14.4 Å². The van der Waals surface area contributed by atoms with Crippen LogP contribution in [0.1, 0.15) is 32.3 Å². The minimum Gasteiger partial charge on any atom is -0.481 e. The lowest BCUT2D eigenvalue weighted by molar-refractivity contribution is -0.141. The van der Waals surface area contributed by atoms with Gasteiger partial charge in [0.1, 0.15) is 0 Å². The van der Waals surface area contributed by atoms with Gasteiger partial charge in [-0.3, -0.25) is 9.59 Å². The molecule has 7 heteroatoms. The van der Waals surface area contributed by atoms with Crippen molar-refractivity contribution in [1.82, 2.24) is 10.2 Å². The van der Waals surface area contributed by atoms with Gasteiger partial charge in [-0.1, -0.05) is 26.0 Å². The average molecular weight is 335 g/mol. The van der Waals surface area contributed by atoms with Crippen LogP contribution in [-0.2, 0) is 16.1 Å². The maximum absolute atomic E-state index is 11.9. The lowest BCUT2D eigenvalue weighted by Gasteiger charge is -2.20. The van der Waals surface area contributed by atoms with Crippen molar-refractivity contribution in [2.75, 3.05) is 18.9 Å². The summed E-state index contributed by atoms with van der Waals surface area (Å²) < 4.78 is 0. The fourth-order valence-corrected chi connectivity index (χ4v) is 2.04. The van der Waals surface area contributed by atoms with Crippen molar-refractivity contribution in [3.8, 4) is 0 Å². The van der Waals surface area contributed by atoms with Gasteiger partial charge in [0.25, 0.3) is 0 Å². The summed E-state index contributed by atoms with van der Waals surface area (Å²) in [5.41, 5.74) is 1.60. The van der Waals surface area contributed by atoms with E-state index >= 15 is 0 Å². The average Bonchev–Trinajstić information content (AvgIpc) is 2.53. The molecule has 1 atom stereocenters. The second-order valence-electron chi connectivity index (χ2n) is 5.77. The Balaban J connectivity index is 2.45. The summed E-state index contributed by atoms with van der Waals surface area (Å²) >= 11 is 0. The number of hydrogen-bond donors (Lipinski definition) is 3. The van der Waals surface area contributed by atoms with E-state index in [-0.39, 0.29) is 18.5 Å². The zero-order valence-corrected chi connectivity index (χ0v) is 14.3. The third-order valence-electron chi connectivity index (χ3n) is 3.47. The number of carbonyl (C=O) groups is 3.